The fourth-order valence-electron chi connectivity index (χ4n) is 3.08. The summed E-state index contributed by atoms with van der Waals surface area (Å²) in [5, 5.41) is 12.3. The number of carboxylic acid groups (broad SMARTS) is 1. The van der Waals surface area contributed by atoms with E-state index in [4.69, 9.17) is 9.47 Å². The molecule has 1 aliphatic heterocycles. The van der Waals surface area contributed by atoms with Crippen LogP contribution in [0.25, 0.3) is 0 Å². The largest absolute Gasteiger partial charge is 0.481 e. The molecule has 0 atom stereocenters. The van der Waals surface area contributed by atoms with Crippen molar-refractivity contribution in [3.8, 4) is 11.5 Å². The second-order valence-corrected chi connectivity index (χ2v) is 5.90. The maximum atomic E-state index is 12.3. The van der Waals surface area contributed by atoms with Gasteiger partial charge in [-0.1, -0.05) is 19.3 Å². The summed E-state index contributed by atoms with van der Waals surface area (Å²) in [6.45, 7) is 0.318. The van der Waals surface area contributed by atoms with Crippen molar-refractivity contribution in [1.82, 2.24) is 5.32 Å². The van der Waals surface area contributed by atoms with Crippen molar-refractivity contribution in [1.29, 1.82) is 0 Å². The van der Waals surface area contributed by atoms with Gasteiger partial charge >= 0.3 is 5.97 Å². The third-order valence-electron chi connectivity index (χ3n) is 4.49. The van der Waals surface area contributed by atoms with Crippen LogP contribution in [-0.2, 0) is 4.79 Å². The Labute approximate surface area is 128 Å². The van der Waals surface area contributed by atoms with Crippen LogP contribution in [0.3, 0.4) is 0 Å². The predicted octanol–water partition coefficient (Wildman–Crippen LogP) is 2.18. The number of hydrogen-bond acceptors (Lipinski definition) is 4. The molecule has 0 bridgehead atoms. The number of carboxylic acids is 1. The Morgan fingerprint density at radius 1 is 1.14 bits per heavy atom. The predicted molar refractivity (Wildman–Crippen MR) is 78.1 cm³/mol. The van der Waals surface area contributed by atoms with Crippen LogP contribution in [0.15, 0.2) is 18.2 Å². The molecule has 6 heteroatoms. The maximum Gasteiger partial charge on any atom is 0.311 e. The molecule has 1 aromatic carbocycles. The van der Waals surface area contributed by atoms with Crippen molar-refractivity contribution in [2.75, 3.05) is 13.3 Å². The zero-order valence-electron chi connectivity index (χ0n) is 12.3. The first-order valence-electron chi connectivity index (χ1n) is 7.52. The van der Waals surface area contributed by atoms with Gasteiger partial charge in [-0.2, -0.15) is 0 Å². The minimum absolute atomic E-state index is 0.155. The molecule has 1 amide bonds. The average Bonchev–Trinajstić information content (AvgIpc) is 3.01. The minimum Gasteiger partial charge on any atom is -0.481 e. The molecule has 118 valence electrons. The number of nitrogens with one attached hydrogen (secondary N) is 1. The molecule has 1 heterocycles. The number of ether oxygens (including phenoxy) is 2. The second-order valence-electron chi connectivity index (χ2n) is 5.90. The molecule has 3 rings (SSSR count). The van der Waals surface area contributed by atoms with Crippen LogP contribution in [0.2, 0.25) is 0 Å². The van der Waals surface area contributed by atoms with E-state index in [0.717, 1.165) is 19.3 Å². The van der Waals surface area contributed by atoms with E-state index in [1.165, 1.54) is 0 Å². The van der Waals surface area contributed by atoms with Gasteiger partial charge in [-0.05, 0) is 31.0 Å². The molecular formula is C16H19NO5. The van der Waals surface area contributed by atoms with Gasteiger partial charge in [-0.25, -0.2) is 0 Å². The fourth-order valence-corrected chi connectivity index (χ4v) is 3.08. The van der Waals surface area contributed by atoms with Gasteiger partial charge in [0.25, 0.3) is 5.91 Å². The average molecular weight is 305 g/mol. The third-order valence-corrected chi connectivity index (χ3v) is 4.49. The molecular weight excluding hydrogens is 286 g/mol. The highest BCUT2D eigenvalue weighted by molar-refractivity contribution is 5.95. The van der Waals surface area contributed by atoms with Crippen molar-refractivity contribution in [2.45, 2.75) is 32.1 Å². The van der Waals surface area contributed by atoms with Crippen molar-refractivity contribution in [2.24, 2.45) is 5.41 Å². The van der Waals surface area contributed by atoms with E-state index in [1.807, 2.05) is 0 Å². The van der Waals surface area contributed by atoms with Gasteiger partial charge in [-0.3, -0.25) is 9.59 Å². The Balaban J connectivity index is 1.67. The standard InChI is InChI=1S/C16H19NO5/c18-14(11-4-5-12-13(8-11)22-10-21-12)17-9-16(15(19)20)6-2-1-3-7-16/h4-5,8H,1-3,6-7,9-10H2,(H,17,18)(H,19,20). The SMILES string of the molecule is O=C(NCC1(C(=O)O)CCCCC1)c1ccc2c(c1)OCO2. The number of rotatable bonds is 4. The number of amides is 1. The Morgan fingerprint density at radius 2 is 1.86 bits per heavy atom. The lowest BCUT2D eigenvalue weighted by Gasteiger charge is -2.33. The van der Waals surface area contributed by atoms with Gasteiger partial charge in [0.15, 0.2) is 11.5 Å². The lowest BCUT2D eigenvalue weighted by atomic mass is 9.74. The molecule has 22 heavy (non-hydrogen) atoms. The highest BCUT2D eigenvalue weighted by Crippen LogP contribution is 2.36. The van der Waals surface area contributed by atoms with Crippen LogP contribution >= 0.6 is 0 Å². The first-order chi connectivity index (χ1) is 10.6. The summed E-state index contributed by atoms with van der Waals surface area (Å²) >= 11 is 0. The van der Waals surface area contributed by atoms with Crippen molar-refractivity contribution in [3.05, 3.63) is 23.8 Å². The molecule has 0 aromatic heterocycles. The number of benzene rings is 1. The molecule has 2 N–H and O–H groups in total. The summed E-state index contributed by atoms with van der Waals surface area (Å²) in [4.78, 5) is 23.8. The summed E-state index contributed by atoms with van der Waals surface area (Å²) in [6.07, 6.45) is 4.08. The Kier molecular flexibility index (Phi) is 3.92. The number of carbonyl (C=O) groups excluding carboxylic acids is 1. The van der Waals surface area contributed by atoms with Gasteiger partial charge in [0, 0.05) is 12.1 Å². The van der Waals surface area contributed by atoms with Crippen molar-refractivity contribution in [3.63, 3.8) is 0 Å². The van der Waals surface area contributed by atoms with Gasteiger partial charge in [0.1, 0.15) is 0 Å². The molecule has 0 unspecified atom stereocenters. The molecule has 1 fully saturated rings. The highest BCUT2D eigenvalue weighted by Gasteiger charge is 2.39. The van der Waals surface area contributed by atoms with E-state index >= 15 is 0 Å². The first kappa shape index (κ1) is 14.7. The summed E-state index contributed by atoms with van der Waals surface area (Å²) in [7, 11) is 0. The van der Waals surface area contributed by atoms with Crippen LogP contribution in [0.4, 0.5) is 0 Å². The van der Waals surface area contributed by atoms with Crippen LogP contribution < -0.4 is 14.8 Å². The van der Waals surface area contributed by atoms with E-state index in [2.05, 4.69) is 5.32 Å². The van der Waals surface area contributed by atoms with Gasteiger partial charge in [0.2, 0.25) is 6.79 Å². The summed E-state index contributed by atoms with van der Waals surface area (Å²) < 4.78 is 10.4. The minimum atomic E-state index is -0.829. The van der Waals surface area contributed by atoms with Crippen molar-refractivity contribution < 1.29 is 24.2 Å². The Hall–Kier alpha value is -2.24. The van der Waals surface area contributed by atoms with Crippen molar-refractivity contribution >= 4 is 11.9 Å². The first-order valence-corrected chi connectivity index (χ1v) is 7.52. The molecule has 1 saturated carbocycles. The molecule has 6 nitrogen and oxygen atoms in total. The van der Waals surface area contributed by atoms with E-state index in [0.29, 0.717) is 29.9 Å². The van der Waals surface area contributed by atoms with Gasteiger partial charge < -0.3 is 19.9 Å². The summed E-state index contributed by atoms with van der Waals surface area (Å²) in [5.74, 6) is 0.0480. The molecule has 0 radical (unpaired) electrons. The van der Waals surface area contributed by atoms with Crippen LogP contribution in [-0.4, -0.2) is 30.3 Å². The van der Waals surface area contributed by atoms with Gasteiger partial charge in [-0.15, -0.1) is 0 Å². The maximum absolute atomic E-state index is 12.3. The van der Waals surface area contributed by atoms with Crippen LogP contribution in [0, 0.1) is 5.41 Å². The molecule has 1 aromatic rings. The normalized spacial score (nSPS) is 18.7. The van der Waals surface area contributed by atoms with Gasteiger partial charge in [0.05, 0.1) is 5.41 Å². The van der Waals surface area contributed by atoms with Crippen LogP contribution in [0.1, 0.15) is 42.5 Å². The Bertz CT molecular complexity index is 592. The lowest BCUT2D eigenvalue weighted by Crippen LogP contribution is -2.44. The van der Waals surface area contributed by atoms with Crippen LogP contribution in [0.5, 0.6) is 11.5 Å². The molecule has 2 aliphatic rings. The zero-order chi connectivity index (χ0) is 15.6. The fraction of sp³-hybridized carbons (Fsp3) is 0.500. The summed E-state index contributed by atoms with van der Waals surface area (Å²) in [5.41, 5.74) is -0.384. The second kappa shape index (κ2) is 5.87. The lowest BCUT2D eigenvalue weighted by molar-refractivity contribution is -0.150. The topological polar surface area (TPSA) is 84.9 Å². The van der Waals surface area contributed by atoms with E-state index in [-0.39, 0.29) is 19.2 Å². The van der Waals surface area contributed by atoms with E-state index in [1.54, 1.807) is 18.2 Å². The quantitative estimate of drug-likeness (QED) is 0.890. The molecule has 1 aliphatic carbocycles. The number of aliphatic carboxylic acids is 1. The zero-order valence-corrected chi connectivity index (χ0v) is 12.3. The third kappa shape index (κ3) is 2.73. The Morgan fingerprint density at radius 3 is 2.59 bits per heavy atom. The van der Waals surface area contributed by atoms with E-state index < -0.39 is 11.4 Å². The number of carbonyl (C=O) groups is 2. The molecule has 0 saturated heterocycles. The summed E-state index contributed by atoms with van der Waals surface area (Å²) in [6, 6.07) is 4.95. The number of hydrogen-bond donors (Lipinski definition) is 2. The van der Waals surface area contributed by atoms with E-state index in [9.17, 15) is 14.7 Å². The monoisotopic (exact) mass is 305 g/mol. The number of fused-ring (bicyclic) bond motifs is 1. The highest BCUT2D eigenvalue weighted by atomic mass is 16.7. The smallest absolute Gasteiger partial charge is 0.311 e. The molecule has 0 spiro atoms.